The molecule has 139 valence electrons. The highest BCUT2D eigenvalue weighted by atomic mass is 35.5. The highest BCUT2D eigenvalue weighted by Crippen LogP contribution is 2.37. The number of unbranched alkanes of at least 4 members (excludes halogenated alkanes) is 2. The van der Waals surface area contributed by atoms with E-state index in [-0.39, 0.29) is 10.7 Å². The van der Waals surface area contributed by atoms with E-state index >= 15 is 0 Å². The van der Waals surface area contributed by atoms with E-state index in [0.717, 1.165) is 25.0 Å². The molecule has 0 amide bonds. The van der Waals surface area contributed by atoms with Crippen LogP contribution in [-0.2, 0) is 11.3 Å². The molecule has 1 fully saturated rings. The smallest absolute Gasteiger partial charge is 0.356 e. The molecule has 1 saturated heterocycles. The number of aromatic nitrogens is 2. The van der Waals surface area contributed by atoms with Crippen molar-refractivity contribution in [3.63, 3.8) is 0 Å². The van der Waals surface area contributed by atoms with Crippen LogP contribution < -0.4 is 0 Å². The molecule has 6 heteroatoms. The van der Waals surface area contributed by atoms with Crippen LogP contribution in [0.2, 0.25) is 5.82 Å². The molecular formula is C19H31BClN2O2. The molecule has 2 heterocycles. The van der Waals surface area contributed by atoms with Gasteiger partial charge in [0.25, 0.3) is 0 Å². The van der Waals surface area contributed by atoms with Crippen molar-refractivity contribution in [1.82, 2.24) is 9.78 Å². The summed E-state index contributed by atoms with van der Waals surface area (Å²) in [6.07, 6.45) is 9.18. The number of hydrogen-bond acceptors (Lipinski definition) is 3. The van der Waals surface area contributed by atoms with Crippen molar-refractivity contribution in [2.75, 3.05) is 6.61 Å². The molecule has 0 spiro atoms. The first-order valence-electron chi connectivity index (χ1n) is 9.74. The number of carbonyl (C=O) groups excluding carboxylic acids is 1. The molecule has 2 rings (SSSR count). The number of esters is 1. The minimum atomic E-state index is -0.295. The van der Waals surface area contributed by atoms with Crippen molar-refractivity contribution in [1.29, 1.82) is 0 Å². The molecular weight excluding hydrogens is 334 g/mol. The molecule has 0 bridgehead atoms. The Bertz CT molecular complexity index is 564. The Hall–Kier alpha value is -0.965. The summed E-state index contributed by atoms with van der Waals surface area (Å²) in [5.41, 5.74) is 1.39. The van der Waals surface area contributed by atoms with Gasteiger partial charge in [0.2, 0.25) is 0 Å². The third-order valence-corrected chi connectivity index (χ3v) is 5.45. The normalized spacial score (nSPS) is 23.8. The van der Waals surface area contributed by atoms with Gasteiger partial charge in [-0.25, -0.2) is 4.79 Å². The molecule has 0 saturated carbocycles. The SMILES string of the molecule is CCCCCC1(Cl)[B]C(Cn2nc(C)cc2C(=O)OCC)CCCC1. The summed E-state index contributed by atoms with van der Waals surface area (Å²) < 4.78 is 6.77. The topological polar surface area (TPSA) is 44.1 Å². The van der Waals surface area contributed by atoms with E-state index in [1.165, 1.54) is 32.1 Å². The molecule has 1 aromatic heterocycles. The molecule has 25 heavy (non-hydrogen) atoms. The van der Waals surface area contributed by atoms with Gasteiger partial charge in [0.15, 0.2) is 0 Å². The fraction of sp³-hybridized carbons (Fsp3) is 0.789. The maximum Gasteiger partial charge on any atom is 0.356 e. The average Bonchev–Trinajstić information content (AvgIpc) is 2.81. The van der Waals surface area contributed by atoms with Gasteiger partial charge in [-0.05, 0) is 38.6 Å². The van der Waals surface area contributed by atoms with Gasteiger partial charge in [-0.15, -0.1) is 11.6 Å². The van der Waals surface area contributed by atoms with E-state index in [2.05, 4.69) is 19.3 Å². The highest BCUT2D eigenvalue weighted by Gasteiger charge is 2.34. The predicted molar refractivity (Wildman–Crippen MR) is 104 cm³/mol. The van der Waals surface area contributed by atoms with Gasteiger partial charge in [-0.2, -0.15) is 5.10 Å². The van der Waals surface area contributed by atoms with Crippen LogP contribution in [0, 0.1) is 6.92 Å². The summed E-state index contributed by atoms with van der Waals surface area (Å²) in [6, 6.07) is 1.81. The zero-order valence-electron chi connectivity index (χ0n) is 15.9. The Kier molecular flexibility index (Phi) is 7.86. The number of rotatable bonds is 8. The zero-order valence-corrected chi connectivity index (χ0v) is 16.6. The van der Waals surface area contributed by atoms with E-state index in [1.807, 2.05) is 24.6 Å². The number of alkyl halides is 1. The van der Waals surface area contributed by atoms with Crippen LogP contribution in [0.3, 0.4) is 0 Å². The van der Waals surface area contributed by atoms with Crippen LogP contribution in [0.15, 0.2) is 6.07 Å². The third kappa shape index (κ3) is 6.05. The first-order chi connectivity index (χ1) is 12.0. The Labute approximate surface area is 157 Å². The van der Waals surface area contributed by atoms with Gasteiger partial charge in [-0.3, -0.25) is 4.68 Å². The van der Waals surface area contributed by atoms with Gasteiger partial charge >= 0.3 is 5.97 Å². The van der Waals surface area contributed by atoms with E-state index in [1.54, 1.807) is 0 Å². The highest BCUT2D eigenvalue weighted by molar-refractivity contribution is 6.58. The lowest BCUT2D eigenvalue weighted by Crippen LogP contribution is -2.33. The molecule has 4 nitrogen and oxygen atoms in total. The first-order valence-corrected chi connectivity index (χ1v) is 10.1. The molecule has 0 aliphatic carbocycles. The Morgan fingerprint density at radius 2 is 2.24 bits per heavy atom. The van der Waals surface area contributed by atoms with Crippen molar-refractivity contribution < 1.29 is 9.53 Å². The largest absolute Gasteiger partial charge is 0.461 e. The molecule has 2 atom stereocenters. The summed E-state index contributed by atoms with van der Waals surface area (Å²) in [4.78, 5) is 12.2. The van der Waals surface area contributed by atoms with Crippen LogP contribution in [0.5, 0.6) is 0 Å². The quantitative estimate of drug-likeness (QED) is 0.283. The van der Waals surface area contributed by atoms with Crippen LogP contribution in [0.4, 0.5) is 0 Å². The zero-order chi connectivity index (χ0) is 18.3. The van der Waals surface area contributed by atoms with Gasteiger partial charge < -0.3 is 4.74 Å². The summed E-state index contributed by atoms with van der Waals surface area (Å²) >= 11 is 6.96. The number of carbonyl (C=O) groups is 1. The van der Waals surface area contributed by atoms with Gasteiger partial charge in [0, 0.05) is 11.3 Å². The maximum absolute atomic E-state index is 12.2. The van der Waals surface area contributed by atoms with Crippen molar-refractivity contribution >= 4 is 24.8 Å². The second-order valence-electron chi connectivity index (χ2n) is 7.24. The van der Waals surface area contributed by atoms with E-state index in [9.17, 15) is 4.79 Å². The summed E-state index contributed by atoms with van der Waals surface area (Å²) in [7, 11) is 2.34. The van der Waals surface area contributed by atoms with Crippen LogP contribution in [0.25, 0.3) is 0 Å². The van der Waals surface area contributed by atoms with Gasteiger partial charge in [0.05, 0.1) is 12.3 Å². The average molecular weight is 366 g/mol. The Morgan fingerprint density at radius 1 is 1.44 bits per heavy atom. The molecule has 0 N–H and O–H groups in total. The van der Waals surface area contributed by atoms with Crippen LogP contribution >= 0.6 is 11.6 Å². The summed E-state index contributed by atoms with van der Waals surface area (Å²) in [5, 5.41) is 4.51. The monoisotopic (exact) mass is 365 g/mol. The minimum Gasteiger partial charge on any atom is -0.461 e. The van der Waals surface area contributed by atoms with Gasteiger partial charge in [0.1, 0.15) is 13.0 Å². The second kappa shape index (κ2) is 9.66. The maximum atomic E-state index is 12.2. The third-order valence-electron chi connectivity index (χ3n) is 4.94. The first kappa shape index (κ1) is 20.3. The number of aryl methyl sites for hydroxylation is 1. The number of nitrogens with zero attached hydrogens (tertiary/aromatic N) is 2. The second-order valence-corrected chi connectivity index (χ2v) is 7.99. The number of hydrogen-bond donors (Lipinski definition) is 0. The van der Waals surface area contributed by atoms with E-state index in [0.29, 0.717) is 24.7 Å². The lowest BCUT2D eigenvalue weighted by Gasteiger charge is -2.28. The standard InChI is InChI=1S/C19H31BClN2O2/c1-4-6-8-11-19(21)12-9-7-10-16(20-19)14-23-17(13-15(3)22-23)18(24)25-5-2/h13,16H,4-12,14H2,1-3H3. The fourth-order valence-electron chi connectivity index (χ4n) is 3.71. The predicted octanol–water partition coefficient (Wildman–Crippen LogP) is 4.95. The van der Waals surface area contributed by atoms with Crippen LogP contribution in [0.1, 0.15) is 81.4 Å². The summed E-state index contributed by atoms with van der Waals surface area (Å²) in [6.45, 7) is 7.03. The van der Waals surface area contributed by atoms with Crippen molar-refractivity contribution in [2.24, 2.45) is 0 Å². The van der Waals surface area contributed by atoms with Crippen LogP contribution in [-0.4, -0.2) is 34.4 Å². The van der Waals surface area contributed by atoms with E-state index < -0.39 is 0 Å². The van der Waals surface area contributed by atoms with E-state index in [4.69, 9.17) is 16.3 Å². The lowest BCUT2D eigenvalue weighted by atomic mass is 9.52. The van der Waals surface area contributed by atoms with Crippen molar-refractivity contribution in [3.05, 3.63) is 17.5 Å². The summed E-state index contributed by atoms with van der Waals surface area (Å²) in [5.74, 6) is 0.0471. The number of halogens is 1. The fourth-order valence-corrected chi connectivity index (χ4v) is 4.16. The molecule has 1 aliphatic heterocycles. The van der Waals surface area contributed by atoms with Crippen molar-refractivity contribution in [3.8, 4) is 0 Å². The molecule has 1 aliphatic rings. The Morgan fingerprint density at radius 3 is 2.96 bits per heavy atom. The molecule has 1 radical (unpaired) electrons. The minimum absolute atomic E-state index is 0.206. The number of ether oxygens (including phenoxy) is 1. The molecule has 0 aromatic carbocycles. The Balaban J connectivity index is 2.06. The van der Waals surface area contributed by atoms with Crippen molar-refractivity contribution in [2.45, 2.75) is 89.3 Å². The molecule has 1 aromatic rings. The lowest BCUT2D eigenvalue weighted by molar-refractivity contribution is 0.0511. The molecule has 2 unspecified atom stereocenters. The van der Waals surface area contributed by atoms with Gasteiger partial charge in [-0.1, -0.05) is 45.4 Å².